The second-order valence-electron chi connectivity index (χ2n) is 2.03. The van der Waals surface area contributed by atoms with E-state index in [1.165, 1.54) is 21.6 Å². The lowest BCUT2D eigenvalue weighted by Gasteiger charge is -2.20. The number of thiol groups is 4. The quantitative estimate of drug-likeness (QED) is 0.344. The van der Waals surface area contributed by atoms with Gasteiger partial charge in [-0.2, -0.15) is 50.5 Å². The van der Waals surface area contributed by atoms with Gasteiger partial charge in [0.25, 0.3) is 0 Å². The van der Waals surface area contributed by atoms with E-state index in [1.807, 2.05) is 13.8 Å². The Balaban J connectivity index is 3.56. The smallest absolute Gasteiger partial charge is 0.108 e. The normalized spacial score (nSPS) is 13.8. The van der Waals surface area contributed by atoms with Crippen LogP contribution < -0.4 is 0 Å². The van der Waals surface area contributed by atoms with Gasteiger partial charge in [0.15, 0.2) is 0 Å². The van der Waals surface area contributed by atoms with Gasteiger partial charge in [-0.1, -0.05) is 21.6 Å². The van der Waals surface area contributed by atoms with Crippen molar-refractivity contribution in [1.82, 2.24) is 0 Å². The zero-order valence-corrected chi connectivity index (χ0v) is 10.8. The van der Waals surface area contributed by atoms with Crippen LogP contribution in [0, 0.1) is 0 Å². The average Bonchev–Trinajstić information content (AvgIpc) is 1.57. The van der Waals surface area contributed by atoms with Crippen molar-refractivity contribution in [2.24, 2.45) is 0 Å². The molecule has 0 aromatic heterocycles. The Kier molecular flexibility index (Phi) is 5.29. The van der Waals surface area contributed by atoms with E-state index >= 15 is 0 Å². The van der Waals surface area contributed by atoms with Crippen LogP contribution in [0.15, 0.2) is 0 Å². The molecule has 62 valence electrons. The first-order valence-corrected chi connectivity index (χ1v) is 6.41. The topological polar surface area (TPSA) is 0 Å². The highest BCUT2D eigenvalue weighted by molar-refractivity contribution is 8.83. The molecule has 0 heterocycles. The van der Waals surface area contributed by atoms with Gasteiger partial charge in [0.05, 0.1) is 0 Å². The van der Waals surface area contributed by atoms with E-state index < -0.39 is 0 Å². The van der Waals surface area contributed by atoms with E-state index in [-0.39, 0.29) is 6.82 Å². The minimum absolute atomic E-state index is 0.322. The third-order valence-corrected chi connectivity index (χ3v) is 5.90. The number of hydrogen-bond acceptors (Lipinski definition) is 6. The summed E-state index contributed by atoms with van der Waals surface area (Å²) in [5.41, 5.74) is 0. The van der Waals surface area contributed by atoms with Crippen molar-refractivity contribution >= 4 is 72.1 Å². The summed E-state index contributed by atoms with van der Waals surface area (Å²) < 4.78 is -0.644. The molecule has 0 atom stereocenters. The predicted molar refractivity (Wildman–Crippen MR) is 67.9 cm³/mol. The Morgan fingerprint density at radius 1 is 0.800 bits per heavy atom. The molecule has 0 amide bonds. The fourth-order valence-corrected chi connectivity index (χ4v) is 2.76. The molecule has 0 radical (unpaired) electrons. The van der Waals surface area contributed by atoms with Crippen LogP contribution >= 0.6 is 72.1 Å². The first kappa shape index (κ1) is 12.1. The first-order chi connectivity index (χ1) is 4.21. The Hall–Kier alpha value is 2.10. The first-order valence-electron chi connectivity index (χ1n) is 2.47. The molecular formula is C4H10S6. The Bertz CT molecular complexity index is 83.3. The maximum atomic E-state index is 4.21. The lowest BCUT2D eigenvalue weighted by Crippen LogP contribution is -2.02. The highest BCUT2D eigenvalue weighted by Crippen LogP contribution is 2.50. The summed E-state index contributed by atoms with van der Waals surface area (Å²) in [4.78, 5) is 0. The summed E-state index contributed by atoms with van der Waals surface area (Å²) in [6, 6.07) is 0. The fraction of sp³-hybridized carbons (Fsp3) is 1.00. The summed E-state index contributed by atoms with van der Waals surface area (Å²) in [6.07, 6.45) is 0. The van der Waals surface area contributed by atoms with Crippen LogP contribution in [0.5, 0.6) is 0 Å². The van der Waals surface area contributed by atoms with E-state index in [2.05, 4.69) is 50.5 Å². The highest BCUT2D eigenvalue weighted by atomic mass is 33.1. The maximum absolute atomic E-state index is 4.21. The molecule has 0 N–H and O–H groups in total. The number of hydrogen-bond donors (Lipinski definition) is 4. The van der Waals surface area contributed by atoms with Crippen LogP contribution in [-0.2, 0) is 0 Å². The summed E-state index contributed by atoms with van der Waals surface area (Å²) in [5.74, 6) is 0. The standard InChI is InChI=1S/C4H10S6/c1-3(5,6)9-10-4(2,7)8/h5-8H,1-2H3. The molecule has 0 saturated carbocycles. The average molecular weight is 251 g/mol. The molecule has 10 heavy (non-hydrogen) atoms. The van der Waals surface area contributed by atoms with E-state index in [1.54, 1.807) is 0 Å². The van der Waals surface area contributed by atoms with Gasteiger partial charge in [0.2, 0.25) is 0 Å². The molecule has 0 aliphatic heterocycles. The molecule has 0 nitrogen and oxygen atoms in total. The van der Waals surface area contributed by atoms with Crippen LogP contribution in [0.25, 0.3) is 0 Å². The summed E-state index contributed by atoms with van der Waals surface area (Å²) in [7, 11) is 3.07. The second-order valence-corrected chi connectivity index (χ2v) is 10.5. The van der Waals surface area contributed by atoms with Crippen LogP contribution in [0.1, 0.15) is 13.8 Å². The van der Waals surface area contributed by atoms with Crippen molar-refractivity contribution in [3.05, 3.63) is 0 Å². The van der Waals surface area contributed by atoms with Crippen LogP contribution in [0.3, 0.4) is 0 Å². The second kappa shape index (κ2) is 4.37. The monoisotopic (exact) mass is 250 g/mol. The van der Waals surface area contributed by atoms with Crippen molar-refractivity contribution in [2.45, 2.75) is 20.7 Å². The molecule has 0 bridgehead atoms. The summed E-state index contributed by atoms with van der Waals surface area (Å²) >= 11 is 16.8. The molecule has 0 spiro atoms. The van der Waals surface area contributed by atoms with E-state index in [9.17, 15) is 0 Å². The van der Waals surface area contributed by atoms with E-state index in [0.29, 0.717) is 0 Å². The maximum Gasteiger partial charge on any atom is 0.108 e. The highest BCUT2D eigenvalue weighted by Gasteiger charge is 2.20. The van der Waals surface area contributed by atoms with Gasteiger partial charge in [-0.25, -0.2) is 0 Å². The van der Waals surface area contributed by atoms with Gasteiger partial charge in [0.1, 0.15) is 6.82 Å². The molecule has 6 heteroatoms. The van der Waals surface area contributed by atoms with E-state index in [0.717, 1.165) is 0 Å². The van der Waals surface area contributed by atoms with Crippen molar-refractivity contribution < 1.29 is 0 Å². The zero-order chi connectivity index (χ0) is 8.41. The van der Waals surface area contributed by atoms with Crippen LogP contribution in [0.2, 0.25) is 0 Å². The predicted octanol–water partition coefficient (Wildman–Crippen LogP) is 3.43. The van der Waals surface area contributed by atoms with Gasteiger partial charge in [-0.3, -0.25) is 0 Å². The molecular weight excluding hydrogens is 240 g/mol. The third kappa shape index (κ3) is 10.1. The SMILES string of the molecule is CC(S)(S)SSC(C)(S)S. The van der Waals surface area contributed by atoms with Crippen LogP contribution in [0.4, 0.5) is 0 Å². The molecule has 0 aliphatic carbocycles. The molecule has 0 saturated heterocycles. The Morgan fingerprint density at radius 2 is 1.00 bits per heavy atom. The number of rotatable bonds is 3. The van der Waals surface area contributed by atoms with Crippen LogP contribution in [-0.4, -0.2) is 6.82 Å². The van der Waals surface area contributed by atoms with Gasteiger partial charge >= 0.3 is 0 Å². The van der Waals surface area contributed by atoms with Crippen molar-refractivity contribution in [3.8, 4) is 0 Å². The van der Waals surface area contributed by atoms with Gasteiger partial charge in [0, 0.05) is 0 Å². The fourth-order valence-electron chi connectivity index (χ4n) is 0.158. The molecule has 0 aliphatic rings. The van der Waals surface area contributed by atoms with Crippen molar-refractivity contribution in [2.75, 3.05) is 0 Å². The lowest BCUT2D eigenvalue weighted by atomic mass is 10.9. The van der Waals surface area contributed by atoms with Crippen molar-refractivity contribution in [1.29, 1.82) is 0 Å². The Morgan fingerprint density at radius 3 is 1.10 bits per heavy atom. The van der Waals surface area contributed by atoms with E-state index in [4.69, 9.17) is 0 Å². The molecule has 0 rings (SSSR count). The molecule has 0 aromatic rings. The lowest BCUT2D eigenvalue weighted by molar-refractivity contribution is 1.35. The van der Waals surface area contributed by atoms with Gasteiger partial charge < -0.3 is 0 Å². The Labute approximate surface area is 92.1 Å². The van der Waals surface area contributed by atoms with Gasteiger partial charge in [-0.05, 0) is 13.8 Å². The van der Waals surface area contributed by atoms with Crippen molar-refractivity contribution in [3.63, 3.8) is 0 Å². The summed E-state index contributed by atoms with van der Waals surface area (Å²) in [5, 5.41) is 0. The molecule has 0 aromatic carbocycles. The summed E-state index contributed by atoms with van der Waals surface area (Å²) in [6.45, 7) is 3.81. The third-order valence-electron chi connectivity index (χ3n) is 0.357. The van der Waals surface area contributed by atoms with Gasteiger partial charge in [-0.15, -0.1) is 0 Å². The minimum Gasteiger partial charge on any atom is -0.151 e. The largest absolute Gasteiger partial charge is 0.151 e. The molecule has 0 unspecified atom stereocenters. The molecule has 0 fully saturated rings. The minimum atomic E-state index is -0.322. The zero-order valence-electron chi connectivity index (χ0n) is 5.61.